The SMILES string of the molecule is CCCCCCCC/C=C\CCCCCCCC(=O)OCCN(CCOC(=O)CCCCCCC/C=C\CCCCCCCC)C(=O)C(F)(F)F. The second-order valence-corrected chi connectivity index (χ2v) is 13.9. The van der Waals surface area contributed by atoms with Crippen molar-refractivity contribution >= 4 is 17.8 Å². The molecule has 0 saturated carbocycles. The standard InChI is InChI=1S/C42H74F3NO5/c1-3-5-7-9-11-13-15-17-19-21-23-25-27-29-31-33-39(47)50-37-35-46(41(49)42(43,44)45)36-38-51-40(48)34-32-30-28-26-24-22-20-18-16-14-12-10-8-6-4-2/h17-20H,3-16,21-38H2,1-2H3/b19-17-,20-18-. The van der Waals surface area contributed by atoms with Crippen molar-refractivity contribution in [3.63, 3.8) is 0 Å². The highest BCUT2D eigenvalue weighted by molar-refractivity contribution is 5.82. The molecule has 0 heterocycles. The van der Waals surface area contributed by atoms with Crippen LogP contribution in [0.4, 0.5) is 13.2 Å². The van der Waals surface area contributed by atoms with Crippen LogP contribution in [-0.2, 0) is 23.9 Å². The van der Waals surface area contributed by atoms with Crippen LogP contribution in [0.25, 0.3) is 0 Å². The molecule has 9 heteroatoms. The van der Waals surface area contributed by atoms with E-state index in [0.29, 0.717) is 17.7 Å². The third-order valence-electron chi connectivity index (χ3n) is 9.06. The van der Waals surface area contributed by atoms with Crippen molar-refractivity contribution in [2.75, 3.05) is 26.3 Å². The van der Waals surface area contributed by atoms with E-state index >= 15 is 0 Å². The number of rotatable bonds is 36. The molecule has 298 valence electrons. The van der Waals surface area contributed by atoms with Crippen molar-refractivity contribution in [2.24, 2.45) is 0 Å². The molecule has 0 saturated heterocycles. The molecule has 0 aromatic heterocycles. The third kappa shape index (κ3) is 34.5. The van der Waals surface area contributed by atoms with Gasteiger partial charge in [-0.1, -0.05) is 141 Å². The van der Waals surface area contributed by atoms with E-state index in [0.717, 1.165) is 77.0 Å². The van der Waals surface area contributed by atoms with Gasteiger partial charge in [-0.05, 0) is 64.2 Å². The summed E-state index contributed by atoms with van der Waals surface area (Å²) in [4.78, 5) is 36.6. The van der Waals surface area contributed by atoms with Crippen molar-refractivity contribution in [3.05, 3.63) is 24.3 Å². The molecule has 0 aromatic carbocycles. The minimum Gasteiger partial charge on any atom is -0.464 e. The van der Waals surface area contributed by atoms with Crippen LogP contribution >= 0.6 is 0 Å². The van der Waals surface area contributed by atoms with Crippen molar-refractivity contribution in [1.82, 2.24) is 4.90 Å². The van der Waals surface area contributed by atoms with Gasteiger partial charge in [-0.2, -0.15) is 13.2 Å². The molecule has 1 amide bonds. The van der Waals surface area contributed by atoms with Crippen LogP contribution in [0, 0.1) is 0 Å². The first-order valence-electron chi connectivity index (χ1n) is 20.7. The first-order valence-corrected chi connectivity index (χ1v) is 20.7. The Morgan fingerprint density at radius 3 is 1.08 bits per heavy atom. The number of nitrogens with zero attached hydrogens (tertiary/aromatic N) is 1. The first-order chi connectivity index (χ1) is 24.7. The number of carbonyl (C=O) groups excluding carboxylic acids is 3. The summed E-state index contributed by atoms with van der Waals surface area (Å²) in [6.07, 6.45) is 34.2. The van der Waals surface area contributed by atoms with E-state index in [-0.39, 0.29) is 26.1 Å². The number of esters is 2. The highest BCUT2D eigenvalue weighted by atomic mass is 19.4. The zero-order valence-corrected chi connectivity index (χ0v) is 32.6. The fraction of sp³-hybridized carbons (Fsp3) is 0.833. The van der Waals surface area contributed by atoms with Gasteiger partial charge in [0.05, 0.1) is 13.1 Å². The minimum absolute atomic E-state index is 0.194. The third-order valence-corrected chi connectivity index (χ3v) is 9.06. The summed E-state index contributed by atoms with van der Waals surface area (Å²) in [6, 6.07) is 0. The molecule has 51 heavy (non-hydrogen) atoms. The van der Waals surface area contributed by atoms with Gasteiger partial charge < -0.3 is 14.4 Å². The Balaban J connectivity index is 3.95. The van der Waals surface area contributed by atoms with Gasteiger partial charge in [0.2, 0.25) is 0 Å². The molecule has 0 aliphatic rings. The summed E-state index contributed by atoms with van der Waals surface area (Å²) in [5.41, 5.74) is 0. The first kappa shape index (κ1) is 48.7. The van der Waals surface area contributed by atoms with E-state index in [2.05, 4.69) is 38.2 Å². The van der Waals surface area contributed by atoms with Crippen molar-refractivity contribution < 1.29 is 37.0 Å². The fourth-order valence-corrected chi connectivity index (χ4v) is 5.86. The summed E-state index contributed by atoms with van der Waals surface area (Å²) in [7, 11) is 0. The quantitative estimate of drug-likeness (QED) is 0.0365. The minimum atomic E-state index is -5.07. The predicted octanol–water partition coefficient (Wildman–Crippen LogP) is 12.5. The number of hydrogen-bond acceptors (Lipinski definition) is 5. The molecule has 0 unspecified atom stereocenters. The Morgan fingerprint density at radius 2 is 0.765 bits per heavy atom. The average Bonchev–Trinajstić information content (AvgIpc) is 3.10. The molecular weight excluding hydrogens is 655 g/mol. The topological polar surface area (TPSA) is 72.9 Å². The Bertz CT molecular complexity index is 832. The molecule has 0 aliphatic heterocycles. The number of unbranched alkanes of at least 4 members (excludes halogenated alkanes) is 22. The van der Waals surface area contributed by atoms with Gasteiger partial charge >= 0.3 is 24.0 Å². The van der Waals surface area contributed by atoms with Gasteiger partial charge in [0, 0.05) is 12.8 Å². The van der Waals surface area contributed by atoms with E-state index < -0.39 is 37.1 Å². The van der Waals surface area contributed by atoms with Crippen LogP contribution in [0.1, 0.15) is 194 Å². The number of halogens is 3. The smallest absolute Gasteiger partial charge is 0.464 e. The normalized spacial score (nSPS) is 11.9. The molecule has 0 fully saturated rings. The van der Waals surface area contributed by atoms with Gasteiger partial charge in [0.1, 0.15) is 13.2 Å². The van der Waals surface area contributed by atoms with Gasteiger partial charge in [0.25, 0.3) is 0 Å². The number of hydrogen-bond donors (Lipinski definition) is 0. The second-order valence-electron chi connectivity index (χ2n) is 13.9. The van der Waals surface area contributed by atoms with Crippen LogP contribution in [0.2, 0.25) is 0 Å². The Hall–Kier alpha value is -2.32. The van der Waals surface area contributed by atoms with E-state index in [4.69, 9.17) is 9.47 Å². The van der Waals surface area contributed by atoms with Gasteiger partial charge in [-0.25, -0.2) is 0 Å². The summed E-state index contributed by atoms with van der Waals surface area (Å²) in [6.45, 7) is 2.96. The Morgan fingerprint density at radius 1 is 0.471 bits per heavy atom. The lowest BCUT2D eigenvalue weighted by molar-refractivity contribution is -0.187. The summed E-state index contributed by atoms with van der Waals surface area (Å²) < 4.78 is 49.6. The van der Waals surface area contributed by atoms with Crippen molar-refractivity contribution in [3.8, 4) is 0 Å². The lowest BCUT2D eigenvalue weighted by Gasteiger charge is -2.23. The van der Waals surface area contributed by atoms with Gasteiger partial charge in [-0.15, -0.1) is 0 Å². The van der Waals surface area contributed by atoms with Crippen LogP contribution in [0.3, 0.4) is 0 Å². The molecule has 0 aliphatic carbocycles. The molecular formula is C42H74F3NO5. The number of alkyl halides is 3. The maximum absolute atomic E-state index is 13.1. The highest BCUT2D eigenvalue weighted by Gasteiger charge is 2.42. The number of ether oxygens (including phenoxy) is 2. The molecule has 0 bridgehead atoms. The zero-order valence-electron chi connectivity index (χ0n) is 32.6. The van der Waals surface area contributed by atoms with Crippen LogP contribution in [0.5, 0.6) is 0 Å². The summed E-state index contributed by atoms with van der Waals surface area (Å²) in [5, 5.41) is 0. The molecule has 0 spiro atoms. The Labute approximate surface area is 309 Å². The summed E-state index contributed by atoms with van der Waals surface area (Å²) in [5.74, 6) is -3.01. The van der Waals surface area contributed by atoms with Crippen LogP contribution < -0.4 is 0 Å². The maximum atomic E-state index is 13.1. The maximum Gasteiger partial charge on any atom is 0.471 e. The molecule has 0 radical (unpaired) electrons. The highest BCUT2D eigenvalue weighted by Crippen LogP contribution is 2.19. The lowest BCUT2D eigenvalue weighted by Crippen LogP contribution is -2.44. The number of carbonyl (C=O) groups is 3. The largest absolute Gasteiger partial charge is 0.471 e. The van der Waals surface area contributed by atoms with Crippen LogP contribution in [-0.4, -0.2) is 55.2 Å². The fourth-order valence-electron chi connectivity index (χ4n) is 5.86. The number of amides is 1. The molecule has 0 aromatic rings. The predicted molar refractivity (Wildman–Crippen MR) is 203 cm³/mol. The average molecular weight is 730 g/mol. The van der Waals surface area contributed by atoms with Crippen LogP contribution in [0.15, 0.2) is 24.3 Å². The van der Waals surface area contributed by atoms with Gasteiger partial charge in [-0.3, -0.25) is 14.4 Å². The van der Waals surface area contributed by atoms with Crippen molar-refractivity contribution in [1.29, 1.82) is 0 Å². The number of allylic oxidation sites excluding steroid dienone is 4. The Kier molecular flexibility index (Phi) is 34.4. The van der Waals surface area contributed by atoms with Crippen molar-refractivity contribution in [2.45, 2.75) is 200 Å². The molecule has 6 nitrogen and oxygen atoms in total. The van der Waals surface area contributed by atoms with E-state index in [9.17, 15) is 27.6 Å². The van der Waals surface area contributed by atoms with Gasteiger partial charge in [0.15, 0.2) is 0 Å². The monoisotopic (exact) mass is 730 g/mol. The molecule has 0 atom stereocenters. The molecule has 0 N–H and O–H groups in total. The zero-order chi connectivity index (χ0) is 37.7. The summed E-state index contributed by atoms with van der Waals surface area (Å²) >= 11 is 0. The second kappa shape index (κ2) is 36.1. The molecule has 0 rings (SSSR count). The lowest BCUT2D eigenvalue weighted by atomic mass is 10.1. The van der Waals surface area contributed by atoms with E-state index in [1.54, 1.807) is 0 Å². The van der Waals surface area contributed by atoms with E-state index in [1.807, 2.05) is 0 Å². The van der Waals surface area contributed by atoms with E-state index in [1.165, 1.54) is 77.0 Å².